The molecule has 1 aromatic heterocycles. The molecule has 0 aliphatic rings. The molecule has 1 aromatic carbocycles. The second kappa shape index (κ2) is 6.57. The number of carboxylic acids is 1. The molecule has 0 amide bonds. The highest BCUT2D eigenvalue weighted by Gasteiger charge is 2.21. The van der Waals surface area contributed by atoms with Crippen LogP contribution in [0.5, 0.6) is 0 Å². The van der Waals surface area contributed by atoms with Crippen LogP contribution in [0, 0.1) is 0 Å². The van der Waals surface area contributed by atoms with E-state index in [1.54, 1.807) is 6.20 Å². The molecule has 1 heterocycles. The number of hydrogen-bond donors (Lipinski definition) is 2. The topological polar surface area (TPSA) is 62.5 Å². The minimum Gasteiger partial charge on any atom is -0.479 e. The van der Waals surface area contributed by atoms with Crippen LogP contribution < -0.4 is 0 Å². The molecule has 0 fully saturated rings. The maximum absolute atomic E-state index is 11.0. The Labute approximate surface area is 118 Å². The molecule has 0 spiro atoms. The van der Waals surface area contributed by atoms with Crippen molar-refractivity contribution in [2.24, 2.45) is 0 Å². The van der Waals surface area contributed by atoms with Crippen molar-refractivity contribution < 1.29 is 15.0 Å². The molecule has 0 aliphatic carbocycles. The second-order valence-electron chi connectivity index (χ2n) is 5.10. The summed E-state index contributed by atoms with van der Waals surface area (Å²) in [5.74, 6) is -1.21. The molecule has 0 aliphatic heterocycles. The first-order valence-corrected chi connectivity index (χ1v) is 7.13. The third-order valence-corrected chi connectivity index (χ3v) is 3.60. The van der Waals surface area contributed by atoms with E-state index in [9.17, 15) is 9.90 Å². The first kappa shape index (κ1) is 14.6. The van der Waals surface area contributed by atoms with Gasteiger partial charge in [-0.2, -0.15) is 0 Å². The van der Waals surface area contributed by atoms with Crippen molar-refractivity contribution in [3.63, 3.8) is 0 Å². The maximum atomic E-state index is 11.0. The van der Waals surface area contributed by atoms with Gasteiger partial charge >= 0.3 is 5.97 Å². The van der Waals surface area contributed by atoms with Crippen LogP contribution in [0.2, 0.25) is 0 Å². The highest BCUT2D eigenvalue weighted by atomic mass is 16.4. The summed E-state index contributed by atoms with van der Waals surface area (Å²) in [5, 5.41) is 19.6. The van der Waals surface area contributed by atoms with Crippen LogP contribution in [0.25, 0.3) is 10.9 Å². The normalized spacial score (nSPS) is 12.7. The molecule has 0 bridgehead atoms. The van der Waals surface area contributed by atoms with Crippen molar-refractivity contribution in [2.75, 3.05) is 0 Å². The molecule has 108 valence electrons. The number of aromatic nitrogens is 1. The Morgan fingerprint density at radius 2 is 2.00 bits per heavy atom. The van der Waals surface area contributed by atoms with E-state index in [0.717, 1.165) is 23.9 Å². The van der Waals surface area contributed by atoms with Gasteiger partial charge in [0.15, 0.2) is 6.10 Å². The van der Waals surface area contributed by atoms with E-state index in [1.807, 2.05) is 28.8 Å². The van der Waals surface area contributed by atoms with Crippen molar-refractivity contribution in [3.05, 3.63) is 36.0 Å². The van der Waals surface area contributed by atoms with Crippen LogP contribution in [0.15, 0.2) is 30.5 Å². The third kappa shape index (κ3) is 3.02. The Hall–Kier alpha value is -1.81. The van der Waals surface area contributed by atoms with E-state index < -0.39 is 12.1 Å². The van der Waals surface area contributed by atoms with Gasteiger partial charge in [0, 0.05) is 29.2 Å². The largest absolute Gasteiger partial charge is 0.479 e. The lowest BCUT2D eigenvalue weighted by atomic mass is 10.1. The lowest BCUT2D eigenvalue weighted by Gasteiger charge is -2.04. The van der Waals surface area contributed by atoms with Crippen molar-refractivity contribution in [1.29, 1.82) is 0 Å². The van der Waals surface area contributed by atoms with Gasteiger partial charge in [-0.25, -0.2) is 4.79 Å². The summed E-state index contributed by atoms with van der Waals surface area (Å²) in [6.07, 6.45) is 4.95. The zero-order chi connectivity index (χ0) is 14.5. The summed E-state index contributed by atoms with van der Waals surface area (Å²) in [5.41, 5.74) is 1.46. The second-order valence-corrected chi connectivity index (χ2v) is 5.10. The van der Waals surface area contributed by atoms with E-state index >= 15 is 0 Å². The first-order valence-electron chi connectivity index (χ1n) is 7.13. The van der Waals surface area contributed by atoms with Crippen LogP contribution in [0.1, 0.15) is 44.3 Å². The number of hydrogen-bond acceptors (Lipinski definition) is 2. The van der Waals surface area contributed by atoms with Crippen LogP contribution in [-0.4, -0.2) is 20.7 Å². The van der Waals surface area contributed by atoms with Crippen LogP contribution in [0.3, 0.4) is 0 Å². The number of carbonyl (C=O) groups is 1. The number of para-hydroxylation sites is 1. The van der Waals surface area contributed by atoms with E-state index in [4.69, 9.17) is 5.11 Å². The minimum absolute atomic E-state index is 0.476. The van der Waals surface area contributed by atoms with Crippen molar-refractivity contribution >= 4 is 16.9 Å². The summed E-state index contributed by atoms with van der Waals surface area (Å²) in [4.78, 5) is 11.0. The summed E-state index contributed by atoms with van der Waals surface area (Å²) in [7, 11) is 0. The van der Waals surface area contributed by atoms with Gasteiger partial charge in [-0.3, -0.25) is 0 Å². The molecule has 2 rings (SSSR count). The molecule has 1 unspecified atom stereocenters. The van der Waals surface area contributed by atoms with Crippen molar-refractivity contribution in [3.8, 4) is 0 Å². The van der Waals surface area contributed by atoms with E-state index in [0.29, 0.717) is 5.56 Å². The quantitative estimate of drug-likeness (QED) is 0.762. The number of benzene rings is 1. The van der Waals surface area contributed by atoms with E-state index in [2.05, 4.69) is 6.92 Å². The highest BCUT2D eigenvalue weighted by molar-refractivity contribution is 5.89. The SMILES string of the molecule is CCCCCCn1cc(C(O)C(=O)O)c2ccccc21. The van der Waals surface area contributed by atoms with Crippen LogP contribution in [-0.2, 0) is 11.3 Å². The summed E-state index contributed by atoms with van der Waals surface area (Å²) in [6, 6.07) is 7.62. The molecule has 4 nitrogen and oxygen atoms in total. The Bertz CT molecular complexity index is 588. The number of carboxylic acid groups (broad SMARTS) is 1. The Morgan fingerprint density at radius 1 is 1.25 bits per heavy atom. The van der Waals surface area contributed by atoms with Gasteiger partial charge in [-0.05, 0) is 12.5 Å². The Kier molecular flexibility index (Phi) is 4.79. The number of aliphatic hydroxyl groups is 1. The lowest BCUT2D eigenvalue weighted by molar-refractivity contribution is -0.146. The lowest BCUT2D eigenvalue weighted by Crippen LogP contribution is -2.09. The Morgan fingerprint density at radius 3 is 2.70 bits per heavy atom. The molecular weight excluding hydrogens is 254 g/mol. The predicted molar refractivity (Wildman–Crippen MR) is 78.7 cm³/mol. The summed E-state index contributed by atoms with van der Waals surface area (Å²) in [6.45, 7) is 3.03. The van der Waals surface area contributed by atoms with Gasteiger partial charge in [0.2, 0.25) is 0 Å². The number of rotatable bonds is 7. The number of unbranched alkanes of at least 4 members (excludes halogenated alkanes) is 3. The summed E-state index contributed by atoms with van der Waals surface area (Å²) >= 11 is 0. The fourth-order valence-corrected chi connectivity index (χ4v) is 2.52. The average Bonchev–Trinajstić information content (AvgIpc) is 2.82. The average molecular weight is 275 g/mol. The molecular formula is C16H21NO3. The van der Waals surface area contributed by atoms with Gasteiger partial charge in [0.1, 0.15) is 0 Å². The minimum atomic E-state index is -1.46. The summed E-state index contributed by atoms with van der Waals surface area (Å²) < 4.78 is 2.05. The predicted octanol–water partition coefficient (Wildman–Crippen LogP) is 3.34. The van der Waals surface area contributed by atoms with Gasteiger partial charge in [0.05, 0.1) is 0 Å². The molecule has 0 radical (unpaired) electrons. The number of fused-ring (bicyclic) bond motifs is 1. The van der Waals surface area contributed by atoms with E-state index in [-0.39, 0.29) is 0 Å². The number of aliphatic carboxylic acids is 1. The standard InChI is InChI=1S/C16H21NO3/c1-2-3-4-7-10-17-11-13(15(18)16(19)20)12-8-5-6-9-14(12)17/h5-6,8-9,11,15,18H,2-4,7,10H2,1H3,(H,19,20). The zero-order valence-electron chi connectivity index (χ0n) is 11.7. The van der Waals surface area contributed by atoms with Crippen LogP contribution in [0.4, 0.5) is 0 Å². The first-order chi connectivity index (χ1) is 9.65. The van der Waals surface area contributed by atoms with Crippen LogP contribution >= 0.6 is 0 Å². The van der Waals surface area contributed by atoms with Gasteiger partial charge in [-0.1, -0.05) is 44.4 Å². The molecule has 2 N–H and O–H groups in total. The van der Waals surface area contributed by atoms with Gasteiger partial charge < -0.3 is 14.8 Å². The third-order valence-electron chi connectivity index (χ3n) is 3.60. The zero-order valence-corrected chi connectivity index (χ0v) is 11.7. The molecule has 0 saturated heterocycles. The fourth-order valence-electron chi connectivity index (χ4n) is 2.52. The maximum Gasteiger partial charge on any atom is 0.337 e. The smallest absolute Gasteiger partial charge is 0.337 e. The number of aliphatic hydroxyl groups excluding tert-OH is 1. The monoisotopic (exact) mass is 275 g/mol. The number of aryl methyl sites for hydroxylation is 1. The molecule has 2 aromatic rings. The molecule has 0 saturated carbocycles. The molecule has 4 heteroatoms. The Balaban J connectivity index is 2.28. The fraction of sp³-hybridized carbons (Fsp3) is 0.438. The number of nitrogens with zero attached hydrogens (tertiary/aromatic N) is 1. The van der Waals surface area contributed by atoms with Crippen molar-refractivity contribution in [1.82, 2.24) is 4.57 Å². The van der Waals surface area contributed by atoms with Gasteiger partial charge in [-0.15, -0.1) is 0 Å². The molecule has 1 atom stereocenters. The molecule has 20 heavy (non-hydrogen) atoms. The highest BCUT2D eigenvalue weighted by Crippen LogP contribution is 2.27. The van der Waals surface area contributed by atoms with Gasteiger partial charge in [0.25, 0.3) is 0 Å². The van der Waals surface area contributed by atoms with E-state index in [1.165, 1.54) is 19.3 Å². The van der Waals surface area contributed by atoms with Crippen molar-refractivity contribution in [2.45, 2.75) is 45.3 Å².